The van der Waals surface area contributed by atoms with Gasteiger partial charge in [0.2, 0.25) is 0 Å². The maximum atomic E-state index is 4.40. The molecule has 23 heavy (non-hydrogen) atoms. The minimum Gasteiger partial charge on any atom is -0.363 e. The van der Waals surface area contributed by atoms with Crippen molar-refractivity contribution in [2.24, 2.45) is 7.05 Å². The van der Waals surface area contributed by atoms with Crippen molar-refractivity contribution in [1.29, 1.82) is 0 Å². The fraction of sp³-hybridized carbons (Fsp3) is 0.571. The van der Waals surface area contributed by atoms with E-state index in [1.54, 1.807) is 6.33 Å². The molecule has 1 aliphatic rings. The Labute approximate surface area is 146 Å². The lowest BCUT2D eigenvalue weighted by atomic mass is 9.97. The molecule has 3 heterocycles. The van der Waals surface area contributed by atoms with Gasteiger partial charge in [0.1, 0.15) is 23.0 Å². The number of nitrogens with one attached hydrogen (secondary N) is 1. The monoisotopic (exact) mass is 355 g/mol. The van der Waals surface area contributed by atoms with Crippen LogP contribution in [0.3, 0.4) is 0 Å². The quantitative estimate of drug-likeness (QED) is 0.837. The molecule has 0 bridgehead atoms. The molecular weight excluding hydrogens is 334 g/mol. The molecule has 0 spiro atoms. The first kappa shape index (κ1) is 18.0. The minimum atomic E-state index is 0. The summed E-state index contributed by atoms with van der Waals surface area (Å²) >= 11 is 1.53. The number of nitrogens with zero attached hydrogens (tertiary/aromatic N) is 6. The van der Waals surface area contributed by atoms with Gasteiger partial charge >= 0.3 is 0 Å². The molecule has 1 saturated heterocycles. The lowest BCUT2D eigenvalue weighted by Crippen LogP contribution is -2.27. The Bertz CT molecular complexity index is 640. The summed E-state index contributed by atoms with van der Waals surface area (Å²) in [5, 5.41) is 13.9. The number of halogens is 1. The van der Waals surface area contributed by atoms with Gasteiger partial charge in [-0.25, -0.2) is 9.97 Å². The van der Waals surface area contributed by atoms with Gasteiger partial charge in [0.15, 0.2) is 5.16 Å². The van der Waals surface area contributed by atoms with E-state index in [0.29, 0.717) is 5.92 Å². The van der Waals surface area contributed by atoms with Crippen molar-refractivity contribution in [2.45, 2.75) is 28.9 Å². The first-order valence-electron chi connectivity index (χ1n) is 7.42. The van der Waals surface area contributed by atoms with Gasteiger partial charge in [-0.05, 0) is 37.7 Å². The Kier molecular flexibility index (Phi) is 6.20. The van der Waals surface area contributed by atoms with Crippen molar-refractivity contribution in [3.8, 4) is 0 Å². The summed E-state index contributed by atoms with van der Waals surface area (Å²) in [4.78, 5) is 10.5. The molecule has 1 aliphatic heterocycles. The molecule has 126 valence electrons. The Morgan fingerprint density at radius 2 is 1.96 bits per heavy atom. The SMILES string of the molecule is CN(C)c1cc(Sc2nnc(C3CCNCC3)n2C)ncn1.Cl. The van der Waals surface area contributed by atoms with Crippen LogP contribution in [0.4, 0.5) is 5.82 Å². The third-order valence-electron chi connectivity index (χ3n) is 3.85. The van der Waals surface area contributed by atoms with Crippen molar-refractivity contribution in [1.82, 2.24) is 30.0 Å². The summed E-state index contributed by atoms with van der Waals surface area (Å²) in [6.45, 7) is 2.11. The van der Waals surface area contributed by atoms with Gasteiger partial charge in [0.25, 0.3) is 0 Å². The fourth-order valence-corrected chi connectivity index (χ4v) is 3.34. The third kappa shape index (κ3) is 4.13. The summed E-state index contributed by atoms with van der Waals surface area (Å²) < 4.78 is 2.10. The van der Waals surface area contributed by atoms with Gasteiger partial charge in [-0.2, -0.15) is 0 Å². The lowest BCUT2D eigenvalue weighted by Gasteiger charge is -2.21. The highest BCUT2D eigenvalue weighted by Crippen LogP contribution is 2.29. The summed E-state index contributed by atoms with van der Waals surface area (Å²) in [6, 6.07) is 1.96. The molecule has 7 nitrogen and oxygen atoms in total. The van der Waals surface area contributed by atoms with Crippen LogP contribution < -0.4 is 10.2 Å². The molecule has 0 atom stereocenters. The molecule has 0 saturated carbocycles. The van der Waals surface area contributed by atoms with Gasteiger partial charge in [-0.3, -0.25) is 0 Å². The summed E-state index contributed by atoms with van der Waals surface area (Å²) in [7, 11) is 5.97. The normalized spacial score (nSPS) is 15.3. The predicted molar refractivity (Wildman–Crippen MR) is 93.6 cm³/mol. The van der Waals surface area contributed by atoms with E-state index in [9.17, 15) is 0 Å². The summed E-state index contributed by atoms with van der Waals surface area (Å²) in [5.74, 6) is 2.46. The number of rotatable bonds is 4. The van der Waals surface area contributed by atoms with E-state index in [4.69, 9.17) is 0 Å². The summed E-state index contributed by atoms with van der Waals surface area (Å²) in [6.07, 6.45) is 3.83. The molecule has 0 aromatic carbocycles. The van der Waals surface area contributed by atoms with E-state index in [1.165, 1.54) is 11.8 Å². The Balaban J connectivity index is 0.00000192. The maximum Gasteiger partial charge on any atom is 0.197 e. The Morgan fingerprint density at radius 3 is 2.65 bits per heavy atom. The van der Waals surface area contributed by atoms with Gasteiger partial charge in [0, 0.05) is 33.1 Å². The van der Waals surface area contributed by atoms with Gasteiger partial charge in [-0.15, -0.1) is 22.6 Å². The second-order valence-electron chi connectivity index (χ2n) is 5.63. The molecule has 0 aliphatic carbocycles. The molecule has 3 rings (SSSR count). The Hall–Kier alpha value is -1.38. The zero-order chi connectivity index (χ0) is 15.5. The number of piperidine rings is 1. The zero-order valence-corrected chi connectivity index (χ0v) is 15.2. The molecule has 1 N–H and O–H groups in total. The Morgan fingerprint density at radius 1 is 1.22 bits per heavy atom. The van der Waals surface area contributed by atoms with Crippen LogP contribution in [0.25, 0.3) is 0 Å². The average Bonchev–Trinajstić information content (AvgIpc) is 2.89. The third-order valence-corrected chi connectivity index (χ3v) is 4.82. The molecule has 0 unspecified atom stereocenters. The van der Waals surface area contributed by atoms with E-state index in [-0.39, 0.29) is 12.4 Å². The van der Waals surface area contributed by atoms with Crippen molar-refractivity contribution in [3.05, 3.63) is 18.2 Å². The largest absolute Gasteiger partial charge is 0.363 e. The first-order chi connectivity index (χ1) is 10.6. The predicted octanol–water partition coefficient (Wildman–Crippen LogP) is 1.71. The topological polar surface area (TPSA) is 71.8 Å². The van der Waals surface area contributed by atoms with Crippen LogP contribution in [0.1, 0.15) is 24.6 Å². The second kappa shape index (κ2) is 7.94. The van der Waals surface area contributed by atoms with E-state index in [0.717, 1.165) is 47.8 Å². The van der Waals surface area contributed by atoms with E-state index in [1.807, 2.05) is 32.1 Å². The molecule has 2 aromatic rings. The number of hydrogen-bond donors (Lipinski definition) is 1. The van der Waals surface area contributed by atoms with Crippen molar-refractivity contribution in [2.75, 3.05) is 32.1 Å². The van der Waals surface area contributed by atoms with Crippen LogP contribution in [0.5, 0.6) is 0 Å². The van der Waals surface area contributed by atoms with Crippen LogP contribution in [-0.4, -0.2) is 51.9 Å². The minimum absolute atomic E-state index is 0. The second-order valence-corrected chi connectivity index (χ2v) is 6.62. The van der Waals surface area contributed by atoms with Crippen molar-refractivity contribution >= 4 is 30.0 Å². The van der Waals surface area contributed by atoms with E-state index in [2.05, 4.69) is 30.0 Å². The van der Waals surface area contributed by atoms with Gasteiger partial charge < -0.3 is 14.8 Å². The van der Waals surface area contributed by atoms with Crippen LogP contribution in [0.15, 0.2) is 22.6 Å². The van der Waals surface area contributed by atoms with Crippen LogP contribution in [0.2, 0.25) is 0 Å². The highest BCUT2D eigenvalue weighted by atomic mass is 35.5. The number of hydrogen-bond acceptors (Lipinski definition) is 7. The van der Waals surface area contributed by atoms with Crippen LogP contribution in [0, 0.1) is 0 Å². The van der Waals surface area contributed by atoms with Gasteiger partial charge in [-0.1, -0.05) is 0 Å². The lowest BCUT2D eigenvalue weighted by molar-refractivity contribution is 0.434. The van der Waals surface area contributed by atoms with Crippen LogP contribution >= 0.6 is 24.2 Å². The molecule has 2 aromatic heterocycles. The molecule has 0 radical (unpaired) electrons. The van der Waals surface area contributed by atoms with E-state index >= 15 is 0 Å². The summed E-state index contributed by atoms with van der Waals surface area (Å²) in [5.41, 5.74) is 0. The first-order valence-corrected chi connectivity index (χ1v) is 8.24. The molecule has 9 heteroatoms. The molecule has 0 amide bonds. The van der Waals surface area contributed by atoms with Crippen molar-refractivity contribution in [3.63, 3.8) is 0 Å². The maximum absolute atomic E-state index is 4.40. The van der Waals surface area contributed by atoms with Crippen LogP contribution in [-0.2, 0) is 7.05 Å². The standard InChI is InChI=1S/C14H21N7S.ClH/c1-20(2)11-8-12(17-9-16-11)22-14-19-18-13(21(14)3)10-4-6-15-7-5-10;/h8-10,15H,4-7H2,1-3H3;1H. The molecular formula is C14H22ClN7S. The van der Waals surface area contributed by atoms with E-state index < -0.39 is 0 Å². The fourth-order valence-electron chi connectivity index (χ4n) is 2.57. The highest BCUT2D eigenvalue weighted by molar-refractivity contribution is 7.99. The zero-order valence-electron chi connectivity index (χ0n) is 13.6. The van der Waals surface area contributed by atoms with Gasteiger partial charge in [0.05, 0.1) is 0 Å². The smallest absolute Gasteiger partial charge is 0.197 e. The molecule has 1 fully saturated rings. The highest BCUT2D eigenvalue weighted by Gasteiger charge is 2.22. The number of aromatic nitrogens is 5. The van der Waals surface area contributed by atoms with Crippen molar-refractivity contribution < 1.29 is 0 Å². The average molecular weight is 356 g/mol. The number of anilines is 1.